The van der Waals surface area contributed by atoms with E-state index in [4.69, 9.17) is 4.74 Å². The lowest BCUT2D eigenvalue weighted by Gasteiger charge is -2.07. The summed E-state index contributed by atoms with van der Waals surface area (Å²) in [5, 5.41) is 5.88. The van der Waals surface area contributed by atoms with Crippen molar-refractivity contribution in [1.29, 1.82) is 0 Å². The Balaban J connectivity index is 0.00000264. The smallest absolute Gasteiger partial charge is 0.252 e. The SMILES string of the molecule is CNCCCNC(=O)c1ccc(Oc2cccc(Br)c2)nc1.Cl.Cl. The van der Waals surface area contributed by atoms with Crippen LogP contribution in [0.15, 0.2) is 47.1 Å². The first-order chi connectivity index (χ1) is 10.7. The normalized spacial score (nSPS) is 9.42. The molecule has 2 aromatic rings. The van der Waals surface area contributed by atoms with Crippen LogP contribution in [0.4, 0.5) is 0 Å². The first kappa shape index (κ1) is 22.7. The quantitative estimate of drug-likeness (QED) is 0.647. The summed E-state index contributed by atoms with van der Waals surface area (Å²) in [7, 11) is 1.88. The largest absolute Gasteiger partial charge is 0.439 e. The maximum atomic E-state index is 11.9. The highest BCUT2D eigenvalue weighted by Crippen LogP contribution is 2.22. The number of aromatic nitrogens is 1. The van der Waals surface area contributed by atoms with Crippen molar-refractivity contribution in [2.75, 3.05) is 20.1 Å². The number of halogens is 3. The van der Waals surface area contributed by atoms with Crippen LogP contribution in [0, 0.1) is 0 Å². The molecule has 0 saturated carbocycles. The molecule has 0 radical (unpaired) electrons. The molecule has 2 N–H and O–H groups in total. The van der Waals surface area contributed by atoms with Crippen LogP contribution >= 0.6 is 40.7 Å². The molecular weight excluding hydrogens is 417 g/mol. The van der Waals surface area contributed by atoms with Crippen molar-refractivity contribution in [3.63, 3.8) is 0 Å². The molecule has 8 heteroatoms. The number of carbonyl (C=O) groups excluding carboxylic acids is 1. The highest BCUT2D eigenvalue weighted by Gasteiger charge is 2.06. The molecule has 0 bridgehead atoms. The van der Waals surface area contributed by atoms with Gasteiger partial charge in [0.2, 0.25) is 5.88 Å². The Bertz CT molecular complexity index is 627. The van der Waals surface area contributed by atoms with Gasteiger partial charge in [0.25, 0.3) is 5.91 Å². The standard InChI is InChI=1S/C16H18BrN3O2.2ClH/c1-18-8-3-9-19-16(21)12-6-7-15(20-11-12)22-14-5-2-4-13(17)10-14;;/h2,4-7,10-11,18H,3,8-9H2,1H3,(H,19,21);2*1H. The third kappa shape index (κ3) is 7.49. The van der Waals surface area contributed by atoms with Gasteiger partial charge in [-0.15, -0.1) is 24.8 Å². The van der Waals surface area contributed by atoms with Crippen molar-refractivity contribution < 1.29 is 9.53 Å². The van der Waals surface area contributed by atoms with E-state index in [2.05, 4.69) is 31.5 Å². The maximum absolute atomic E-state index is 11.9. The zero-order chi connectivity index (χ0) is 15.8. The molecule has 1 heterocycles. The van der Waals surface area contributed by atoms with E-state index < -0.39 is 0 Å². The van der Waals surface area contributed by atoms with Gasteiger partial charge < -0.3 is 15.4 Å². The van der Waals surface area contributed by atoms with Gasteiger partial charge in [0.05, 0.1) is 5.56 Å². The molecule has 132 valence electrons. The van der Waals surface area contributed by atoms with Gasteiger partial charge in [-0.25, -0.2) is 4.98 Å². The second-order valence-electron chi connectivity index (χ2n) is 4.66. The van der Waals surface area contributed by atoms with E-state index in [1.165, 1.54) is 6.20 Å². The second-order valence-corrected chi connectivity index (χ2v) is 5.57. The van der Waals surface area contributed by atoms with Crippen LogP contribution in [-0.4, -0.2) is 31.0 Å². The van der Waals surface area contributed by atoms with Gasteiger partial charge in [-0.1, -0.05) is 22.0 Å². The summed E-state index contributed by atoms with van der Waals surface area (Å²) < 4.78 is 6.56. The van der Waals surface area contributed by atoms with Gasteiger partial charge in [0.1, 0.15) is 5.75 Å². The van der Waals surface area contributed by atoms with Crippen LogP contribution in [0.5, 0.6) is 11.6 Å². The molecule has 0 saturated heterocycles. The molecule has 1 amide bonds. The van der Waals surface area contributed by atoms with Gasteiger partial charge >= 0.3 is 0 Å². The monoisotopic (exact) mass is 435 g/mol. The lowest BCUT2D eigenvalue weighted by Crippen LogP contribution is -2.26. The summed E-state index contributed by atoms with van der Waals surface area (Å²) in [6.45, 7) is 1.51. The number of hydrogen-bond donors (Lipinski definition) is 2. The van der Waals surface area contributed by atoms with Gasteiger partial charge in [-0.2, -0.15) is 0 Å². The second kappa shape index (κ2) is 12.1. The molecule has 5 nitrogen and oxygen atoms in total. The van der Waals surface area contributed by atoms with E-state index in [1.807, 2.05) is 31.3 Å². The number of carbonyl (C=O) groups is 1. The first-order valence-corrected chi connectivity index (χ1v) is 7.80. The van der Waals surface area contributed by atoms with E-state index in [0.717, 1.165) is 17.4 Å². The molecule has 0 spiro atoms. The number of benzene rings is 1. The van der Waals surface area contributed by atoms with E-state index in [9.17, 15) is 4.79 Å². The topological polar surface area (TPSA) is 63.2 Å². The molecule has 1 aromatic carbocycles. The number of rotatable bonds is 7. The van der Waals surface area contributed by atoms with Crippen LogP contribution in [0.3, 0.4) is 0 Å². The molecule has 2 rings (SSSR count). The lowest BCUT2D eigenvalue weighted by molar-refractivity contribution is 0.0953. The predicted octanol–water partition coefficient (Wildman–Crippen LogP) is 3.82. The van der Waals surface area contributed by atoms with Crippen molar-refractivity contribution in [2.24, 2.45) is 0 Å². The Hall–Kier alpha value is -1.34. The van der Waals surface area contributed by atoms with Gasteiger partial charge in [-0.3, -0.25) is 4.79 Å². The maximum Gasteiger partial charge on any atom is 0.252 e. The first-order valence-electron chi connectivity index (χ1n) is 7.01. The highest BCUT2D eigenvalue weighted by atomic mass is 79.9. The fourth-order valence-electron chi connectivity index (χ4n) is 1.80. The van der Waals surface area contributed by atoms with E-state index in [1.54, 1.807) is 12.1 Å². The highest BCUT2D eigenvalue weighted by molar-refractivity contribution is 9.10. The number of ether oxygens (including phenoxy) is 1. The zero-order valence-electron chi connectivity index (χ0n) is 13.1. The lowest BCUT2D eigenvalue weighted by atomic mass is 10.2. The Labute approximate surface area is 162 Å². The fourth-order valence-corrected chi connectivity index (χ4v) is 2.17. The Morgan fingerprint density at radius 3 is 2.62 bits per heavy atom. The summed E-state index contributed by atoms with van der Waals surface area (Å²) in [4.78, 5) is 16.1. The molecule has 0 unspecified atom stereocenters. The Kier molecular flexibility index (Phi) is 11.4. The van der Waals surface area contributed by atoms with Gasteiger partial charge in [-0.05, 0) is 44.3 Å². The molecule has 0 aliphatic heterocycles. The number of amides is 1. The van der Waals surface area contributed by atoms with Crippen molar-refractivity contribution >= 4 is 46.7 Å². The van der Waals surface area contributed by atoms with Gasteiger partial charge in [0.15, 0.2) is 0 Å². The number of nitrogens with zero attached hydrogens (tertiary/aromatic N) is 1. The molecular formula is C16H20BrCl2N3O2. The van der Waals surface area contributed by atoms with Crippen molar-refractivity contribution in [2.45, 2.75) is 6.42 Å². The Morgan fingerprint density at radius 1 is 1.21 bits per heavy atom. The zero-order valence-corrected chi connectivity index (χ0v) is 16.3. The number of nitrogens with one attached hydrogen (secondary N) is 2. The third-order valence-corrected chi connectivity index (χ3v) is 3.40. The van der Waals surface area contributed by atoms with E-state index in [-0.39, 0.29) is 30.7 Å². The molecule has 24 heavy (non-hydrogen) atoms. The summed E-state index contributed by atoms with van der Waals surface area (Å²) >= 11 is 3.38. The van der Waals surface area contributed by atoms with Crippen LogP contribution in [0.25, 0.3) is 0 Å². The molecule has 0 atom stereocenters. The molecule has 1 aromatic heterocycles. The minimum atomic E-state index is -0.127. The summed E-state index contributed by atoms with van der Waals surface area (Å²) in [5.74, 6) is 1.01. The van der Waals surface area contributed by atoms with Crippen molar-refractivity contribution in [1.82, 2.24) is 15.6 Å². The van der Waals surface area contributed by atoms with Crippen molar-refractivity contribution in [3.8, 4) is 11.6 Å². The van der Waals surface area contributed by atoms with Crippen molar-refractivity contribution in [3.05, 3.63) is 52.6 Å². The minimum absolute atomic E-state index is 0. The molecule has 0 fully saturated rings. The van der Waals surface area contributed by atoms with Crippen LogP contribution in [-0.2, 0) is 0 Å². The summed E-state index contributed by atoms with van der Waals surface area (Å²) in [6, 6.07) is 10.9. The van der Waals surface area contributed by atoms with Gasteiger partial charge in [0, 0.05) is 23.3 Å². The third-order valence-electron chi connectivity index (χ3n) is 2.91. The Morgan fingerprint density at radius 2 is 2.00 bits per heavy atom. The average molecular weight is 437 g/mol. The summed E-state index contributed by atoms with van der Waals surface area (Å²) in [6.07, 6.45) is 2.40. The van der Waals surface area contributed by atoms with E-state index >= 15 is 0 Å². The fraction of sp³-hybridized carbons (Fsp3) is 0.250. The minimum Gasteiger partial charge on any atom is -0.439 e. The molecule has 0 aliphatic rings. The van der Waals surface area contributed by atoms with Crippen LogP contribution < -0.4 is 15.4 Å². The number of hydrogen-bond acceptors (Lipinski definition) is 4. The number of pyridine rings is 1. The van der Waals surface area contributed by atoms with E-state index in [0.29, 0.717) is 23.7 Å². The predicted molar refractivity (Wildman–Crippen MR) is 104 cm³/mol. The molecule has 0 aliphatic carbocycles. The van der Waals surface area contributed by atoms with Crippen LogP contribution in [0.1, 0.15) is 16.8 Å². The van der Waals surface area contributed by atoms with Crippen LogP contribution in [0.2, 0.25) is 0 Å². The average Bonchev–Trinajstić information content (AvgIpc) is 2.52. The summed E-state index contributed by atoms with van der Waals surface area (Å²) in [5.41, 5.74) is 0.519.